The molecule has 1 spiro atoms. The minimum atomic E-state index is -1.11. The average Bonchev–Trinajstić information content (AvgIpc) is 3.57. The van der Waals surface area contributed by atoms with Crippen LogP contribution in [-0.4, -0.2) is 93.6 Å². The van der Waals surface area contributed by atoms with Crippen LogP contribution in [0.25, 0.3) is 0 Å². The number of benzene rings is 1. The zero-order chi connectivity index (χ0) is 28.3. The Morgan fingerprint density at radius 3 is 2.46 bits per heavy atom. The molecule has 4 rings (SSSR count). The first-order valence-corrected chi connectivity index (χ1v) is 14.2. The van der Waals surface area contributed by atoms with Crippen molar-refractivity contribution in [3.8, 4) is 0 Å². The highest BCUT2D eigenvalue weighted by molar-refractivity contribution is 5.99. The molecule has 1 N–H and O–H groups in total. The van der Waals surface area contributed by atoms with Gasteiger partial charge >= 0.3 is 0 Å². The molecule has 39 heavy (non-hydrogen) atoms. The molecule has 3 aliphatic rings. The maximum atomic E-state index is 14.4. The van der Waals surface area contributed by atoms with Gasteiger partial charge in [0.25, 0.3) is 0 Å². The average molecular weight is 538 g/mol. The van der Waals surface area contributed by atoms with Crippen molar-refractivity contribution in [2.75, 3.05) is 26.2 Å². The number of likely N-dealkylation sites (tertiary alicyclic amines) is 1. The summed E-state index contributed by atoms with van der Waals surface area (Å²) in [5.74, 6) is -2.06. The van der Waals surface area contributed by atoms with Gasteiger partial charge in [-0.05, 0) is 45.1 Å². The van der Waals surface area contributed by atoms with Crippen molar-refractivity contribution < 1.29 is 24.2 Å². The van der Waals surface area contributed by atoms with Gasteiger partial charge in [0.05, 0.1) is 30.6 Å². The fourth-order valence-electron chi connectivity index (χ4n) is 6.96. The van der Waals surface area contributed by atoms with Gasteiger partial charge in [-0.15, -0.1) is 13.2 Å². The molecule has 1 aromatic carbocycles. The zero-order valence-electron chi connectivity index (χ0n) is 23.5. The van der Waals surface area contributed by atoms with Crippen molar-refractivity contribution >= 4 is 17.7 Å². The standard InChI is InChI=1S/C31H43N3O5/c1-6-16-32(17-7-2)28(36)25-24-14-15-31(39-24)26(25)29(37)34(23(20-35)19-22-12-10-9-11-13-22)27(31)30(38)33(18-8-3)21(4)5/h6,8-13,21,23-27,35H,1,3,7,14-20H2,2,4-5H3/t23-,24+,25-,26+,27?,31?/m1/s1. The van der Waals surface area contributed by atoms with E-state index < -0.39 is 35.6 Å². The number of ether oxygens (including phenoxy) is 1. The lowest BCUT2D eigenvalue weighted by Crippen LogP contribution is -2.60. The van der Waals surface area contributed by atoms with E-state index in [0.29, 0.717) is 38.9 Å². The van der Waals surface area contributed by atoms with Gasteiger partial charge in [-0.3, -0.25) is 14.4 Å². The van der Waals surface area contributed by atoms with Crippen LogP contribution in [0, 0.1) is 11.8 Å². The van der Waals surface area contributed by atoms with E-state index in [1.807, 2.05) is 51.1 Å². The third-order valence-electron chi connectivity index (χ3n) is 8.56. The second kappa shape index (κ2) is 12.0. The molecule has 3 heterocycles. The van der Waals surface area contributed by atoms with Crippen LogP contribution in [0.15, 0.2) is 55.6 Å². The molecule has 3 amide bonds. The Labute approximate surface area is 232 Å². The number of rotatable bonds is 13. The monoisotopic (exact) mass is 537 g/mol. The summed E-state index contributed by atoms with van der Waals surface area (Å²) in [5, 5.41) is 10.6. The van der Waals surface area contributed by atoms with Gasteiger partial charge in [-0.2, -0.15) is 0 Å². The maximum Gasteiger partial charge on any atom is 0.248 e. The molecule has 0 aromatic heterocycles. The highest BCUT2D eigenvalue weighted by atomic mass is 16.5. The van der Waals surface area contributed by atoms with E-state index in [2.05, 4.69) is 13.2 Å². The van der Waals surface area contributed by atoms with E-state index >= 15 is 0 Å². The molecule has 6 atom stereocenters. The van der Waals surface area contributed by atoms with E-state index in [0.717, 1.165) is 12.0 Å². The number of aliphatic hydroxyl groups excluding tert-OH is 1. The van der Waals surface area contributed by atoms with E-state index in [1.165, 1.54) is 0 Å². The molecule has 3 aliphatic heterocycles. The van der Waals surface area contributed by atoms with Crippen molar-refractivity contribution in [2.45, 2.75) is 76.3 Å². The minimum Gasteiger partial charge on any atom is -0.394 e. The van der Waals surface area contributed by atoms with Gasteiger partial charge in [0.2, 0.25) is 17.7 Å². The zero-order valence-corrected chi connectivity index (χ0v) is 23.5. The molecule has 3 saturated heterocycles. The number of hydrogen-bond acceptors (Lipinski definition) is 5. The Morgan fingerprint density at radius 1 is 1.18 bits per heavy atom. The van der Waals surface area contributed by atoms with Crippen molar-refractivity contribution in [1.82, 2.24) is 14.7 Å². The maximum absolute atomic E-state index is 14.4. The van der Waals surface area contributed by atoms with Crippen LogP contribution in [0.1, 0.15) is 45.6 Å². The second-order valence-corrected chi connectivity index (χ2v) is 11.3. The van der Waals surface area contributed by atoms with E-state index in [9.17, 15) is 19.5 Å². The van der Waals surface area contributed by atoms with Gasteiger partial charge in [-0.25, -0.2) is 0 Å². The summed E-state index contributed by atoms with van der Waals surface area (Å²) in [6.45, 7) is 14.5. The number of hydrogen-bond donors (Lipinski definition) is 1. The van der Waals surface area contributed by atoms with Crippen molar-refractivity contribution in [3.63, 3.8) is 0 Å². The lowest BCUT2D eigenvalue weighted by molar-refractivity contribution is -0.152. The third-order valence-corrected chi connectivity index (χ3v) is 8.56. The van der Waals surface area contributed by atoms with Crippen LogP contribution in [0.4, 0.5) is 0 Å². The molecule has 0 radical (unpaired) electrons. The Bertz CT molecular complexity index is 1080. The van der Waals surface area contributed by atoms with Crippen molar-refractivity contribution in [2.24, 2.45) is 11.8 Å². The summed E-state index contributed by atoms with van der Waals surface area (Å²) in [6, 6.07) is 7.94. The minimum absolute atomic E-state index is 0.120. The molecule has 0 aliphatic carbocycles. The molecule has 3 fully saturated rings. The predicted octanol–water partition coefficient (Wildman–Crippen LogP) is 2.81. The van der Waals surface area contributed by atoms with Crippen molar-refractivity contribution in [3.05, 3.63) is 61.2 Å². The van der Waals surface area contributed by atoms with Crippen LogP contribution < -0.4 is 0 Å². The molecule has 2 unspecified atom stereocenters. The normalized spacial score (nSPS) is 27.9. The highest BCUT2D eigenvalue weighted by Crippen LogP contribution is 2.59. The molecular formula is C31H43N3O5. The first kappa shape index (κ1) is 29.0. The number of fused-ring (bicyclic) bond motifs is 1. The van der Waals surface area contributed by atoms with E-state index in [-0.39, 0.29) is 30.4 Å². The number of nitrogens with zero attached hydrogens (tertiary/aromatic N) is 3. The molecule has 212 valence electrons. The first-order chi connectivity index (χ1) is 18.7. The van der Waals surface area contributed by atoms with Gasteiger partial charge in [0.15, 0.2) is 0 Å². The lowest BCUT2D eigenvalue weighted by atomic mass is 9.70. The Morgan fingerprint density at radius 2 is 1.87 bits per heavy atom. The van der Waals surface area contributed by atoms with Crippen LogP contribution >= 0.6 is 0 Å². The van der Waals surface area contributed by atoms with Gasteiger partial charge in [-0.1, -0.05) is 49.4 Å². The fraction of sp³-hybridized carbons (Fsp3) is 0.581. The summed E-state index contributed by atoms with van der Waals surface area (Å²) in [4.78, 5) is 47.7. The smallest absolute Gasteiger partial charge is 0.248 e. The number of carbonyl (C=O) groups is 3. The van der Waals surface area contributed by atoms with Crippen LogP contribution in [0.3, 0.4) is 0 Å². The summed E-state index contributed by atoms with van der Waals surface area (Å²) >= 11 is 0. The first-order valence-electron chi connectivity index (χ1n) is 14.2. The Balaban J connectivity index is 1.79. The Hall–Kier alpha value is -2.97. The summed E-state index contributed by atoms with van der Waals surface area (Å²) in [5.41, 5.74) is -0.154. The van der Waals surface area contributed by atoms with Crippen LogP contribution in [-0.2, 0) is 25.5 Å². The SMILES string of the molecule is C=CCN(CCC)C(=O)[C@@H]1[C@@H]2CCC3(O2)C(C(=O)N(CC=C)C(C)C)N([C@@H](CO)Cc2ccccc2)C(=O)[C@H]13. The number of carbonyl (C=O) groups excluding carboxylic acids is 3. The number of aliphatic hydroxyl groups is 1. The Kier molecular flexibility index (Phi) is 8.96. The quantitative estimate of drug-likeness (QED) is 0.391. The third kappa shape index (κ3) is 5.05. The summed E-state index contributed by atoms with van der Waals surface area (Å²) in [6.07, 6.45) is 5.26. The summed E-state index contributed by atoms with van der Waals surface area (Å²) in [7, 11) is 0. The topological polar surface area (TPSA) is 90.4 Å². The molecular weight excluding hydrogens is 494 g/mol. The highest BCUT2D eigenvalue weighted by Gasteiger charge is 2.75. The molecule has 2 bridgehead atoms. The molecule has 8 nitrogen and oxygen atoms in total. The largest absolute Gasteiger partial charge is 0.394 e. The van der Waals surface area contributed by atoms with Gasteiger partial charge in [0.1, 0.15) is 11.6 Å². The van der Waals surface area contributed by atoms with E-state index in [4.69, 9.17) is 4.74 Å². The van der Waals surface area contributed by atoms with Gasteiger partial charge < -0.3 is 24.5 Å². The lowest BCUT2D eigenvalue weighted by Gasteiger charge is -2.40. The molecule has 1 aromatic rings. The van der Waals surface area contributed by atoms with Gasteiger partial charge in [0, 0.05) is 25.7 Å². The molecule has 0 saturated carbocycles. The predicted molar refractivity (Wildman–Crippen MR) is 150 cm³/mol. The number of amides is 3. The van der Waals surface area contributed by atoms with Crippen molar-refractivity contribution in [1.29, 1.82) is 0 Å². The van der Waals surface area contributed by atoms with E-state index in [1.54, 1.807) is 26.9 Å². The summed E-state index contributed by atoms with van der Waals surface area (Å²) < 4.78 is 6.62. The second-order valence-electron chi connectivity index (χ2n) is 11.3. The van der Waals surface area contributed by atoms with Crippen LogP contribution in [0.2, 0.25) is 0 Å². The fourth-order valence-corrected chi connectivity index (χ4v) is 6.96. The van der Waals surface area contributed by atoms with Crippen LogP contribution in [0.5, 0.6) is 0 Å². The molecule has 8 heteroatoms.